The molecule has 94 valence electrons. The van der Waals surface area contributed by atoms with Crippen LogP contribution in [0.3, 0.4) is 0 Å². The SMILES string of the molecule is COc1ccc(N(C)C(=O)CC(C)N)cc1F. The van der Waals surface area contributed by atoms with Gasteiger partial charge < -0.3 is 15.4 Å². The molecule has 0 fully saturated rings. The highest BCUT2D eigenvalue weighted by atomic mass is 19.1. The number of methoxy groups -OCH3 is 1. The zero-order valence-electron chi connectivity index (χ0n) is 10.2. The lowest BCUT2D eigenvalue weighted by Crippen LogP contribution is -2.31. The lowest BCUT2D eigenvalue weighted by molar-refractivity contribution is -0.118. The number of nitrogens with two attached hydrogens (primary N) is 1. The Kier molecular flexibility index (Phi) is 4.45. The van der Waals surface area contributed by atoms with Gasteiger partial charge in [0, 0.05) is 31.3 Å². The number of anilines is 1. The molecule has 1 atom stereocenters. The van der Waals surface area contributed by atoms with Gasteiger partial charge in [-0.25, -0.2) is 4.39 Å². The van der Waals surface area contributed by atoms with E-state index in [9.17, 15) is 9.18 Å². The first-order valence-corrected chi connectivity index (χ1v) is 5.31. The van der Waals surface area contributed by atoms with E-state index in [1.807, 2.05) is 0 Å². The Balaban J connectivity index is 2.85. The molecule has 2 N–H and O–H groups in total. The van der Waals surface area contributed by atoms with Gasteiger partial charge in [0.05, 0.1) is 7.11 Å². The van der Waals surface area contributed by atoms with Crippen LogP contribution >= 0.6 is 0 Å². The van der Waals surface area contributed by atoms with E-state index in [2.05, 4.69) is 0 Å². The first-order valence-electron chi connectivity index (χ1n) is 5.31. The number of halogens is 1. The van der Waals surface area contributed by atoms with Crippen molar-refractivity contribution in [1.29, 1.82) is 0 Å². The number of benzene rings is 1. The third-order valence-electron chi connectivity index (χ3n) is 2.39. The summed E-state index contributed by atoms with van der Waals surface area (Å²) >= 11 is 0. The molecule has 0 aliphatic carbocycles. The van der Waals surface area contributed by atoms with Crippen molar-refractivity contribution in [3.8, 4) is 5.75 Å². The number of amides is 1. The van der Waals surface area contributed by atoms with Crippen molar-refractivity contribution in [3.05, 3.63) is 24.0 Å². The average molecular weight is 240 g/mol. The summed E-state index contributed by atoms with van der Waals surface area (Å²) in [5.41, 5.74) is 6.02. The lowest BCUT2D eigenvalue weighted by Gasteiger charge is -2.19. The second-order valence-electron chi connectivity index (χ2n) is 3.95. The Bertz CT molecular complexity index is 407. The van der Waals surface area contributed by atoms with Gasteiger partial charge in [-0.05, 0) is 19.1 Å². The second-order valence-corrected chi connectivity index (χ2v) is 3.95. The Morgan fingerprint density at radius 1 is 1.59 bits per heavy atom. The number of rotatable bonds is 4. The Morgan fingerprint density at radius 2 is 2.24 bits per heavy atom. The van der Waals surface area contributed by atoms with E-state index in [1.54, 1.807) is 20.0 Å². The first kappa shape index (κ1) is 13.4. The zero-order chi connectivity index (χ0) is 13.0. The molecule has 1 aromatic rings. The molecule has 0 radical (unpaired) electrons. The number of carbonyl (C=O) groups is 1. The fourth-order valence-electron chi connectivity index (χ4n) is 1.42. The van der Waals surface area contributed by atoms with Gasteiger partial charge in [-0.3, -0.25) is 4.79 Å². The standard InChI is InChI=1S/C12H17FN2O2/c1-8(14)6-12(16)15(2)9-4-5-11(17-3)10(13)7-9/h4-5,7-8H,6,14H2,1-3H3. The summed E-state index contributed by atoms with van der Waals surface area (Å²) < 4.78 is 18.3. The van der Waals surface area contributed by atoms with Gasteiger partial charge >= 0.3 is 0 Å². The van der Waals surface area contributed by atoms with Crippen LogP contribution in [-0.2, 0) is 4.79 Å². The molecule has 1 rings (SSSR count). The molecule has 0 spiro atoms. The normalized spacial score (nSPS) is 12.1. The molecule has 0 aliphatic rings. The van der Waals surface area contributed by atoms with E-state index >= 15 is 0 Å². The molecule has 0 saturated heterocycles. The van der Waals surface area contributed by atoms with Crippen LogP contribution in [0.25, 0.3) is 0 Å². The predicted octanol–water partition coefficient (Wildman–Crippen LogP) is 1.53. The van der Waals surface area contributed by atoms with Crippen LogP contribution in [0.1, 0.15) is 13.3 Å². The second kappa shape index (κ2) is 5.63. The maximum absolute atomic E-state index is 13.4. The van der Waals surface area contributed by atoms with Crippen LogP contribution in [-0.4, -0.2) is 26.1 Å². The fourth-order valence-corrected chi connectivity index (χ4v) is 1.42. The quantitative estimate of drug-likeness (QED) is 0.868. The van der Waals surface area contributed by atoms with Crippen molar-refractivity contribution in [2.75, 3.05) is 19.1 Å². The number of nitrogens with zero attached hydrogens (tertiary/aromatic N) is 1. The highest BCUT2D eigenvalue weighted by Crippen LogP contribution is 2.23. The van der Waals surface area contributed by atoms with Gasteiger partial charge in [-0.1, -0.05) is 0 Å². The van der Waals surface area contributed by atoms with Crippen molar-refractivity contribution < 1.29 is 13.9 Å². The molecule has 0 aromatic heterocycles. The summed E-state index contributed by atoms with van der Waals surface area (Å²) in [6.45, 7) is 1.75. The molecular weight excluding hydrogens is 223 g/mol. The van der Waals surface area contributed by atoms with E-state index < -0.39 is 5.82 Å². The van der Waals surface area contributed by atoms with Crippen LogP contribution in [0.5, 0.6) is 5.75 Å². The van der Waals surface area contributed by atoms with Crippen molar-refractivity contribution in [2.24, 2.45) is 5.73 Å². The van der Waals surface area contributed by atoms with E-state index in [0.717, 1.165) is 0 Å². The summed E-state index contributed by atoms with van der Waals surface area (Å²) in [5, 5.41) is 0. The van der Waals surface area contributed by atoms with E-state index in [0.29, 0.717) is 5.69 Å². The Hall–Kier alpha value is -1.62. The minimum absolute atomic E-state index is 0.149. The van der Waals surface area contributed by atoms with Crippen LogP contribution in [0.4, 0.5) is 10.1 Å². The summed E-state index contributed by atoms with van der Waals surface area (Å²) in [6.07, 6.45) is 0.226. The summed E-state index contributed by atoms with van der Waals surface area (Å²) in [6, 6.07) is 4.16. The molecule has 0 saturated carbocycles. The van der Waals surface area contributed by atoms with Gasteiger partial charge in [-0.15, -0.1) is 0 Å². The van der Waals surface area contributed by atoms with E-state index in [-0.39, 0.29) is 24.1 Å². The molecule has 1 unspecified atom stereocenters. The van der Waals surface area contributed by atoms with Crippen LogP contribution < -0.4 is 15.4 Å². The van der Waals surface area contributed by atoms with Crippen LogP contribution in [0.15, 0.2) is 18.2 Å². The third-order valence-corrected chi connectivity index (χ3v) is 2.39. The molecule has 0 heterocycles. The van der Waals surface area contributed by atoms with Crippen LogP contribution in [0, 0.1) is 5.82 Å². The van der Waals surface area contributed by atoms with Crippen molar-refractivity contribution in [3.63, 3.8) is 0 Å². The summed E-state index contributed by atoms with van der Waals surface area (Å²) in [4.78, 5) is 13.1. The smallest absolute Gasteiger partial charge is 0.228 e. The van der Waals surface area contributed by atoms with Gasteiger partial charge in [0.1, 0.15) is 0 Å². The molecular formula is C12H17FN2O2. The van der Waals surface area contributed by atoms with Crippen molar-refractivity contribution >= 4 is 11.6 Å². The van der Waals surface area contributed by atoms with Gasteiger partial charge in [-0.2, -0.15) is 0 Å². The average Bonchev–Trinajstić information content (AvgIpc) is 2.27. The molecule has 0 bridgehead atoms. The highest BCUT2D eigenvalue weighted by Gasteiger charge is 2.14. The third kappa shape index (κ3) is 3.42. The number of carbonyl (C=O) groups excluding carboxylic acids is 1. The highest BCUT2D eigenvalue weighted by molar-refractivity contribution is 5.93. The molecule has 1 aromatic carbocycles. The molecule has 1 amide bonds. The lowest BCUT2D eigenvalue weighted by atomic mass is 10.2. The molecule has 0 aliphatic heterocycles. The van der Waals surface area contributed by atoms with E-state index in [1.165, 1.54) is 24.1 Å². The minimum Gasteiger partial charge on any atom is -0.494 e. The summed E-state index contributed by atoms with van der Waals surface area (Å²) in [7, 11) is 2.98. The largest absolute Gasteiger partial charge is 0.494 e. The summed E-state index contributed by atoms with van der Waals surface area (Å²) in [5.74, 6) is -0.489. The first-order chi connectivity index (χ1) is 7.95. The maximum atomic E-state index is 13.4. The van der Waals surface area contributed by atoms with Gasteiger partial charge in [0.2, 0.25) is 5.91 Å². The van der Waals surface area contributed by atoms with E-state index in [4.69, 9.17) is 10.5 Å². The molecule has 5 heteroatoms. The zero-order valence-corrected chi connectivity index (χ0v) is 10.2. The monoisotopic (exact) mass is 240 g/mol. The number of ether oxygens (including phenoxy) is 1. The van der Waals surface area contributed by atoms with Gasteiger partial charge in [0.25, 0.3) is 0 Å². The minimum atomic E-state index is -0.495. The Labute approximate surface area is 100 Å². The molecule has 17 heavy (non-hydrogen) atoms. The van der Waals surface area contributed by atoms with Crippen molar-refractivity contribution in [1.82, 2.24) is 0 Å². The number of hydrogen-bond donors (Lipinski definition) is 1. The van der Waals surface area contributed by atoms with Gasteiger partial charge in [0.15, 0.2) is 11.6 Å². The maximum Gasteiger partial charge on any atom is 0.228 e. The Morgan fingerprint density at radius 3 is 2.71 bits per heavy atom. The number of hydrogen-bond acceptors (Lipinski definition) is 3. The van der Waals surface area contributed by atoms with Crippen LogP contribution in [0.2, 0.25) is 0 Å². The molecule has 4 nitrogen and oxygen atoms in total. The topological polar surface area (TPSA) is 55.6 Å². The fraction of sp³-hybridized carbons (Fsp3) is 0.417. The van der Waals surface area contributed by atoms with Crippen molar-refractivity contribution in [2.45, 2.75) is 19.4 Å². The predicted molar refractivity (Wildman–Crippen MR) is 64.6 cm³/mol.